The molecular weight excluding hydrogens is 193 g/mol. The normalized spacial score (nSPS) is 31.5. The van der Waals surface area contributed by atoms with Crippen LogP contribution in [0, 0.1) is 11.7 Å². The van der Waals surface area contributed by atoms with Gasteiger partial charge < -0.3 is 5.11 Å². The van der Waals surface area contributed by atoms with Crippen molar-refractivity contribution in [2.24, 2.45) is 5.92 Å². The highest BCUT2D eigenvalue weighted by Crippen LogP contribution is 2.39. The zero-order valence-corrected chi connectivity index (χ0v) is 8.91. The maximum absolute atomic E-state index is 13.0. The molecule has 2 rings (SSSR count). The summed E-state index contributed by atoms with van der Waals surface area (Å²) in [7, 11) is 0. The Morgan fingerprint density at radius 3 is 3.00 bits per heavy atom. The molecule has 15 heavy (non-hydrogen) atoms. The number of halogens is 1. The zero-order chi connectivity index (χ0) is 10.9. The van der Waals surface area contributed by atoms with Gasteiger partial charge in [0, 0.05) is 11.8 Å². The van der Waals surface area contributed by atoms with Crippen LogP contribution in [0.1, 0.15) is 38.2 Å². The molecule has 1 heterocycles. The van der Waals surface area contributed by atoms with E-state index in [4.69, 9.17) is 0 Å². The third kappa shape index (κ3) is 2.17. The van der Waals surface area contributed by atoms with Gasteiger partial charge in [0.25, 0.3) is 0 Å². The minimum Gasteiger partial charge on any atom is -0.385 e. The molecule has 1 aliphatic carbocycles. The van der Waals surface area contributed by atoms with Crippen LogP contribution >= 0.6 is 0 Å². The first-order valence-electron chi connectivity index (χ1n) is 5.43. The van der Waals surface area contributed by atoms with Crippen LogP contribution in [-0.2, 0) is 5.60 Å². The molecule has 0 bridgehead atoms. The summed E-state index contributed by atoms with van der Waals surface area (Å²) in [6.07, 6.45) is 6.29. The molecule has 1 saturated carbocycles. The number of aliphatic hydroxyl groups is 1. The number of pyridine rings is 1. The summed E-state index contributed by atoms with van der Waals surface area (Å²) < 4.78 is 13.0. The lowest BCUT2D eigenvalue weighted by molar-refractivity contribution is -0.0184. The molecule has 2 unspecified atom stereocenters. The fourth-order valence-electron chi connectivity index (χ4n) is 2.45. The zero-order valence-electron chi connectivity index (χ0n) is 8.91. The number of hydrogen-bond donors (Lipinski definition) is 1. The van der Waals surface area contributed by atoms with E-state index >= 15 is 0 Å². The highest BCUT2D eigenvalue weighted by Gasteiger charge is 2.34. The summed E-state index contributed by atoms with van der Waals surface area (Å²) in [5.74, 6) is 0.117. The molecule has 1 aliphatic rings. The van der Waals surface area contributed by atoms with Gasteiger partial charge in [0.1, 0.15) is 5.82 Å². The lowest BCUT2D eigenvalue weighted by atomic mass is 9.75. The van der Waals surface area contributed by atoms with Crippen LogP contribution in [-0.4, -0.2) is 10.1 Å². The first-order chi connectivity index (χ1) is 7.10. The van der Waals surface area contributed by atoms with Crippen molar-refractivity contribution < 1.29 is 9.50 Å². The Hall–Kier alpha value is -0.960. The Morgan fingerprint density at radius 2 is 2.33 bits per heavy atom. The predicted octanol–water partition coefficient (Wildman–Crippen LogP) is 2.62. The fraction of sp³-hybridized carbons (Fsp3) is 0.583. The lowest BCUT2D eigenvalue weighted by Crippen LogP contribution is -2.32. The molecule has 0 spiro atoms. The maximum Gasteiger partial charge on any atom is 0.141 e. The highest BCUT2D eigenvalue weighted by atomic mass is 19.1. The van der Waals surface area contributed by atoms with E-state index in [1.165, 1.54) is 12.3 Å². The first kappa shape index (κ1) is 10.6. The van der Waals surface area contributed by atoms with Crippen LogP contribution < -0.4 is 0 Å². The van der Waals surface area contributed by atoms with Gasteiger partial charge >= 0.3 is 0 Å². The van der Waals surface area contributed by atoms with Gasteiger partial charge in [0.2, 0.25) is 0 Å². The molecule has 3 heteroatoms. The molecule has 82 valence electrons. The molecule has 1 aromatic heterocycles. The molecule has 2 nitrogen and oxygen atoms in total. The number of aromatic nitrogens is 1. The molecule has 0 radical (unpaired) electrons. The maximum atomic E-state index is 13.0. The van der Waals surface area contributed by atoms with Crippen molar-refractivity contribution in [3.63, 3.8) is 0 Å². The third-order valence-corrected chi connectivity index (χ3v) is 3.22. The van der Waals surface area contributed by atoms with E-state index in [-0.39, 0.29) is 5.82 Å². The number of rotatable bonds is 1. The monoisotopic (exact) mass is 209 g/mol. The third-order valence-electron chi connectivity index (χ3n) is 3.22. The van der Waals surface area contributed by atoms with E-state index in [1.807, 2.05) is 0 Å². The second-order valence-electron chi connectivity index (χ2n) is 4.62. The van der Waals surface area contributed by atoms with Gasteiger partial charge in [-0.3, -0.25) is 4.98 Å². The van der Waals surface area contributed by atoms with E-state index in [0.29, 0.717) is 24.3 Å². The van der Waals surface area contributed by atoms with Crippen molar-refractivity contribution >= 4 is 0 Å². The fourth-order valence-corrected chi connectivity index (χ4v) is 2.45. The van der Waals surface area contributed by atoms with E-state index in [0.717, 1.165) is 12.8 Å². The first-order valence-corrected chi connectivity index (χ1v) is 5.43. The average molecular weight is 209 g/mol. The second-order valence-corrected chi connectivity index (χ2v) is 4.62. The van der Waals surface area contributed by atoms with Gasteiger partial charge in [-0.1, -0.05) is 13.3 Å². The van der Waals surface area contributed by atoms with Crippen LogP contribution in [0.4, 0.5) is 4.39 Å². The summed E-state index contributed by atoms with van der Waals surface area (Å²) in [6.45, 7) is 2.12. The van der Waals surface area contributed by atoms with Crippen LogP contribution in [0.25, 0.3) is 0 Å². The average Bonchev–Trinajstić information content (AvgIpc) is 2.17. The molecule has 0 saturated heterocycles. The molecule has 2 atom stereocenters. The molecule has 0 amide bonds. The van der Waals surface area contributed by atoms with Crippen LogP contribution in [0.3, 0.4) is 0 Å². The Bertz CT molecular complexity index is 355. The Kier molecular flexibility index (Phi) is 2.74. The molecule has 1 fully saturated rings. The van der Waals surface area contributed by atoms with Gasteiger partial charge in [-0.15, -0.1) is 0 Å². The molecule has 1 N–H and O–H groups in total. The molecular formula is C12H16FNO. The van der Waals surface area contributed by atoms with E-state index in [2.05, 4.69) is 11.9 Å². The standard InChI is InChI=1S/C12H16FNO/c1-9-3-2-4-12(15,6-9)10-5-11(13)8-14-7-10/h5,7-9,15H,2-4,6H2,1H3. The van der Waals surface area contributed by atoms with Gasteiger partial charge in [-0.25, -0.2) is 4.39 Å². The largest absolute Gasteiger partial charge is 0.385 e. The minimum atomic E-state index is -0.868. The SMILES string of the molecule is CC1CCCC(O)(c2cncc(F)c2)C1. The minimum absolute atomic E-state index is 0.376. The summed E-state index contributed by atoms with van der Waals surface area (Å²) in [5, 5.41) is 10.4. The van der Waals surface area contributed by atoms with Crippen molar-refractivity contribution in [2.75, 3.05) is 0 Å². The quantitative estimate of drug-likeness (QED) is 0.771. The summed E-state index contributed by atoms with van der Waals surface area (Å²) in [4.78, 5) is 3.79. The van der Waals surface area contributed by atoms with Crippen molar-refractivity contribution in [2.45, 2.75) is 38.2 Å². The number of hydrogen-bond acceptors (Lipinski definition) is 2. The van der Waals surface area contributed by atoms with Crippen molar-refractivity contribution in [1.29, 1.82) is 0 Å². The van der Waals surface area contributed by atoms with Gasteiger partial charge in [0.05, 0.1) is 11.8 Å². The van der Waals surface area contributed by atoms with Crippen LogP contribution in [0.15, 0.2) is 18.5 Å². The van der Waals surface area contributed by atoms with E-state index in [1.54, 1.807) is 6.20 Å². The number of nitrogens with zero attached hydrogens (tertiary/aromatic N) is 1. The van der Waals surface area contributed by atoms with Crippen LogP contribution in [0.5, 0.6) is 0 Å². The van der Waals surface area contributed by atoms with E-state index in [9.17, 15) is 9.50 Å². The summed E-state index contributed by atoms with van der Waals surface area (Å²) in [5.41, 5.74) is -0.249. The van der Waals surface area contributed by atoms with Gasteiger partial charge in [-0.2, -0.15) is 0 Å². The van der Waals surface area contributed by atoms with Crippen molar-refractivity contribution in [3.8, 4) is 0 Å². The van der Waals surface area contributed by atoms with E-state index < -0.39 is 5.60 Å². The van der Waals surface area contributed by atoms with Gasteiger partial charge in [0.15, 0.2) is 0 Å². The Balaban J connectivity index is 2.28. The van der Waals surface area contributed by atoms with Crippen molar-refractivity contribution in [3.05, 3.63) is 29.8 Å². The molecule has 0 aromatic carbocycles. The molecule has 0 aliphatic heterocycles. The predicted molar refractivity (Wildman–Crippen MR) is 55.7 cm³/mol. The smallest absolute Gasteiger partial charge is 0.141 e. The Labute approximate surface area is 89.2 Å². The van der Waals surface area contributed by atoms with Crippen molar-refractivity contribution in [1.82, 2.24) is 4.98 Å². The summed E-state index contributed by atoms with van der Waals surface area (Å²) >= 11 is 0. The Morgan fingerprint density at radius 1 is 1.53 bits per heavy atom. The second kappa shape index (κ2) is 3.89. The summed E-state index contributed by atoms with van der Waals surface area (Å²) in [6, 6.07) is 1.39. The highest BCUT2D eigenvalue weighted by molar-refractivity contribution is 5.19. The topological polar surface area (TPSA) is 33.1 Å². The molecule has 1 aromatic rings. The van der Waals surface area contributed by atoms with Crippen LogP contribution in [0.2, 0.25) is 0 Å². The lowest BCUT2D eigenvalue weighted by Gasteiger charge is -2.35. The van der Waals surface area contributed by atoms with Gasteiger partial charge in [-0.05, 0) is 31.2 Å².